The molecule has 2 aliphatic rings. The summed E-state index contributed by atoms with van der Waals surface area (Å²) in [6.45, 7) is 0. The molecule has 2 aliphatic carbocycles. The summed E-state index contributed by atoms with van der Waals surface area (Å²) in [4.78, 5) is 0. The van der Waals surface area contributed by atoms with Crippen LogP contribution in [0.2, 0.25) is 0 Å². The van der Waals surface area contributed by atoms with Crippen molar-refractivity contribution in [1.82, 2.24) is 0 Å². The molecule has 4 atom stereocenters. The summed E-state index contributed by atoms with van der Waals surface area (Å²) in [7, 11) is 0. The molecule has 0 aromatic carbocycles. The van der Waals surface area contributed by atoms with Crippen LogP contribution in [0, 0.1) is 17.8 Å². The lowest BCUT2D eigenvalue weighted by molar-refractivity contribution is 0.295. The average Bonchev–Trinajstić information content (AvgIpc) is 2.95. The molecule has 3 rings (SSSR count). The maximum absolute atomic E-state index is 6.19. The lowest BCUT2D eigenvalue weighted by atomic mass is 9.83. The van der Waals surface area contributed by atoms with E-state index in [1.807, 2.05) is 6.07 Å². The molecule has 2 fully saturated rings. The van der Waals surface area contributed by atoms with Gasteiger partial charge < -0.3 is 10.2 Å². The summed E-state index contributed by atoms with van der Waals surface area (Å²) in [5.41, 5.74) is 7.36. The highest BCUT2D eigenvalue weighted by Crippen LogP contribution is 2.50. The van der Waals surface area contributed by atoms with Gasteiger partial charge in [-0.25, -0.2) is 0 Å². The van der Waals surface area contributed by atoms with Crippen molar-refractivity contribution < 1.29 is 4.42 Å². The van der Waals surface area contributed by atoms with Gasteiger partial charge in [0.2, 0.25) is 0 Å². The van der Waals surface area contributed by atoms with Gasteiger partial charge in [0.1, 0.15) is 0 Å². The molecule has 2 nitrogen and oxygen atoms in total. The molecule has 1 aromatic rings. The van der Waals surface area contributed by atoms with Crippen LogP contribution >= 0.6 is 0 Å². The molecule has 0 saturated heterocycles. The highest BCUT2D eigenvalue weighted by atomic mass is 16.3. The molecule has 15 heavy (non-hydrogen) atoms. The number of furan rings is 1. The van der Waals surface area contributed by atoms with Crippen LogP contribution in [0.5, 0.6) is 0 Å². The van der Waals surface area contributed by atoms with E-state index in [-0.39, 0.29) is 6.04 Å². The van der Waals surface area contributed by atoms with Gasteiger partial charge in [0.05, 0.1) is 12.5 Å². The van der Waals surface area contributed by atoms with Crippen LogP contribution in [0.4, 0.5) is 0 Å². The second-order valence-corrected chi connectivity index (χ2v) is 5.33. The first-order valence-electron chi connectivity index (χ1n) is 6.10. The molecular formula is C13H19NO. The largest absolute Gasteiger partial charge is 0.472 e. The smallest absolute Gasteiger partial charge is 0.0950 e. The van der Waals surface area contributed by atoms with E-state index in [2.05, 4.69) is 0 Å². The molecule has 82 valence electrons. The average molecular weight is 205 g/mol. The Morgan fingerprint density at radius 2 is 2.33 bits per heavy atom. The molecular weight excluding hydrogens is 186 g/mol. The van der Waals surface area contributed by atoms with E-state index in [9.17, 15) is 0 Å². The zero-order chi connectivity index (χ0) is 10.3. The Morgan fingerprint density at radius 3 is 2.93 bits per heavy atom. The monoisotopic (exact) mass is 205 g/mol. The number of hydrogen-bond donors (Lipinski definition) is 1. The van der Waals surface area contributed by atoms with E-state index in [4.69, 9.17) is 10.2 Å². The van der Waals surface area contributed by atoms with Crippen molar-refractivity contribution in [2.45, 2.75) is 38.1 Å². The van der Waals surface area contributed by atoms with E-state index < -0.39 is 0 Å². The van der Waals surface area contributed by atoms with E-state index in [0.29, 0.717) is 0 Å². The summed E-state index contributed by atoms with van der Waals surface area (Å²) in [5, 5.41) is 0. The van der Waals surface area contributed by atoms with E-state index in [0.717, 1.165) is 29.7 Å². The van der Waals surface area contributed by atoms with Crippen molar-refractivity contribution in [3.63, 3.8) is 0 Å². The van der Waals surface area contributed by atoms with Gasteiger partial charge >= 0.3 is 0 Å². The van der Waals surface area contributed by atoms with Gasteiger partial charge in [-0.15, -0.1) is 0 Å². The van der Waals surface area contributed by atoms with Crippen LogP contribution in [0.3, 0.4) is 0 Å². The highest BCUT2D eigenvalue weighted by molar-refractivity contribution is 5.11. The lowest BCUT2D eigenvalue weighted by Gasteiger charge is -2.24. The minimum absolute atomic E-state index is 0.188. The van der Waals surface area contributed by atoms with Gasteiger partial charge in [-0.2, -0.15) is 0 Å². The zero-order valence-electron chi connectivity index (χ0n) is 9.06. The standard InChI is InChI=1S/C13H19NO/c14-13(11-3-4-15-8-11)7-12-6-9-1-2-10(12)5-9/h3-4,8-10,12-13H,1-2,5-7,14H2. The molecule has 1 heterocycles. The van der Waals surface area contributed by atoms with Crippen molar-refractivity contribution in [1.29, 1.82) is 0 Å². The SMILES string of the molecule is NC(CC1CC2CCC1C2)c1ccoc1. The van der Waals surface area contributed by atoms with Crippen molar-refractivity contribution in [2.75, 3.05) is 0 Å². The minimum atomic E-state index is 0.188. The van der Waals surface area contributed by atoms with Gasteiger partial charge in [0.15, 0.2) is 0 Å². The molecule has 2 N–H and O–H groups in total. The number of hydrogen-bond acceptors (Lipinski definition) is 2. The van der Waals surface area contributed by atoms with Gasteiger partial charge in [0.25, 0.3) is 0 Å². The molecule has 2 bridgehead atoms. The molecule has 2 heteroatoms. The summed E-state index contributed by atoms with van der Waals surface area (Å²) in [5.74, 6) is 2.89. The fourth-order valence-corrected chi connectivity index (χ4v) is 3.61. The Morgan fingerprint density at radius 1 is 1.40 bits per heavy atom. The molecule has 0 aliphatic heterocycles. The number of nitrogens with two attached hydrogens (primary N) is 1. The Hall–Kier alpha value is -0.760. The second kappa shape index (κ2) is 3.67. The minimum Gasteiger partial charge on any atom is -0.472 e. The van der Waals surface area contributed by atoms with Crippen LogP contribution in [-0.2, 0) is 0 Å². The fraction of sp³-hybridized carbons (Fsp3) is 0.692. The van der Waals surface area contributed by atoms with E-state index in [1.165, 1.54) is 25.7 Å². The van der Waals surface area contributed by atoms with E-state index >= 15 is 0 Å². The predicted molar refractivity (Wildman–Crippen MR) is 59.2 cm³/mol. The van der Waals surface area contributed by atoms with Crippen LogP contribution in [0.25, 0.3) is 0 Å². The maximum atomic E-state index is 6.19. The second-order valence-electron chi connectivity index (χ2n) is 5.33. The first-order valence-corrected chi connectivity index (χ1v) is 6.10. The number of fused-ring (bicyclic) bond motifs is 2. The molecule has 0 spiro atoms. The van der Waals surface area contributed by atoms with Crippen molar-refractivity contribution >= 4 is 0 Å². The summed E-state index contributed by atoms with van der Waals surface area (Å²) in [6.07, 6.45) is 10.5. The molecule has 1 aromatic heterocycles. The number of rotatable bonds is 3. The normalized spacial score (nSPS) is 35.9. The molecule has 0 amide bonds. The molecule has 0 radical (unpaired) electrons. The first-order chi connectivity index (χ1) is 7.33. The van der Waals surface area contributed by atoms with Crippen molar-refractivity contribution in [3.8, 4) is 0 Å². The van der Waals surface area contributed by atoms with Crippen LogP contribution in [-0.4, -0.2) is 0 Å². The Balaban J connectivity index is 1.62. The highest BCUT2D eigenvalue weighted by Gasteiger charge is 2.39. The maximum Gasteiger partial charge on any atom is 0.0950 e. The zero-order valence-corrected chi connectivity index (χ0v) is 9.06. The van der Waals surface area contributed by atoms with Crippen molar-refractivity contribution in [2.24, 2.45) is 23.5 Å². The van der Waals surface area contributed by atoms with Crippen LogP contribution in [0.1, 0.15) is 43.7 Å². The summed E-state index contributed by atoms with van der Waals surface area (Å²) >= 11 is 0. The fourth-order valence-electron chi connectivity index (χ4n) is 3.61. The third-order valence-electron chi connectivity index (χ3n) is 4.41. The van der Waals surface area contributed by atoms with Gasteiger partial charge in [-0.05, 0) is 49.5 Å². The van der Waals surface area contributed by atoms with Gasteiger partial charge in [-0.3, -0.25) is 0 Å². The predicted octanol–water partition coefficient (Wildman–Crippen LogP) is 3.11. The van der Waals surface area contributed by atoms with Crippen LogP contribution in [0.15, 0.2) is 23.0 Å². The third kappa shape index (κ3) is 1.71. The first kappa shape index (κ1) is 9.46. The molecule has 2 saturated carbocycles. The van der Waals surface area contributed by atoms with Gasteiger partial charge in [-0.1, -0.05) is 6.42 Å². The topological polar surface area (TPSA) is 39.2 Å². The Bertz CT molecular complexity index is 319. The Kier molecular flexibility index (Phi) is 2.32. The molecule has 4 unspecified atom stereocenters. The summed E-state index contributed by atoms with van der Waals surface area (Å²) in [6, 6.07) is 2.19. The Labute approximate surface area is 90.8 Å². The van der Waals surface area contributed by atoms with Gasteiger partial charge in [0, 0.05) is 11.6 Å². The van der Waals surface area contributed by atoms with E-state index in [1.54, 1.807) is 12.5 Å². The lowest BCUT2D eigenvalue weighted by Crippen LogP contribution is -2.19. The quantitative estimate of drug-likeness (QED) is 0.823. The van der Waals surface area contributed by atoms with Crippen LogP contribution < -0.4 is 5.73 Å². The van der Waals surface area contributed by atoms with Crippen molar-refractivity contribution in [3.05, 3.63) is 24.2 Å². The summed E-state index contributed by atoms with van der Waals surface area (Å²) < 4.78 is 5.08. The third-order valence-corrected chi connectivity index (χ3v) is 4.41.